The molecular weight excluding hydrogens is 340 g/mol. The molecule has 1 aromatic rings. The van der Waals surface area contributed by atoms with Crippen molar-refractivity contribution >= 4 is 33.3 Å². The molecule has 1 aromatic carbocycles. The average molecular weight is 357 g/mol. The Kier molecular flexibility index (Phi) is 4.51. The van der Waals surface area contributed by atoms with Gasteiger partial charge in [0.15, 0.2) is 0 Å². The van der Waals surface area contributed by atoms with Gasteiger partial charge < -0.3 is 10.0 Å². The van der Waals surface area contributed by atoms with Crippen LogP contribution in [0.25, 0.3) is 0 Å². The highest BCUT2D eigenvalue weighted by Gasteiger charge is 2.47. The number of carboxylic acid groups (broad SMARTS) is 1. The first-order valence-corrected chi connectivity index (χ1v) is 7.66. The van der Waals surface area contributed by atoms with E-state index < -0.39 is 16.4 Å². The molecule has 7 heteroatoms. The van der Waals surface area contributed by atoms with Crippen LogP contribution in [0.4, 0.5) is 11.4 Å². The lowest BCUT2D eigenvalue weighted by Crippen LogP contribution is -2.50. The third-order valence-electron chi connectivity index (χ3n) is 3.98. The maximum Gasteiger partial charge on any atom is 0.329 e. The fraction of sp³-hybridized carbons (Fsp3) is 0.500. The number of hydrogen-bond donors (Lipinski definition) is 1. The number of rotatable bonds is 5. The van der Waals surface area contributed by atoms with Crippen molar-refractivity contribution in [2.45, 2.75) is 38.1 Å². The van der Waals surface area contributed by atoms with Gasteiger partial charge in [0.25, 0.3) is 5.69 Å². The summed E-state index contributed by atoms with van der Waals surface area (Å²) in [7, 11) is 0. The van der Waals surface area contributed by atoms with Crippen LogP contribution in [0.3, 0.4) is 0 Å². The topological polar surface area (TPSA) is 83.7 Å². The highest BCUT2D eigenvalue weighted by atomic mass is 79.9. The van der Waals surface area contributed by atoms with Crippen LogP contribution in [0.1, 0.15) is 32.6 Å². The highest BCUT2D eigenvalue weighted by molar-refractivity contribution is 9.10. The second-order valence-electron chi connectivity index (χ2n) is 5.23. The van der Waals surface area contributed by atoms with Crippen LogP contribution in [0.15, 0.2) is 22.7 Å². The van der Waals surface area contributed by atoms with Gasteiger partial charge in [0, 0.05) is 23.2 Å². The Morgan fingerprint density at radius 3 is 2.81 bits per heavy atom. The molecule has 0 aromatic heterocycles. The minimum atomic E-state index is -0.909. The molecule has 1 fully saturated rings. The van der Waals surface area contributed by atoms with Crippen molar-refractivity contribution in [1.29, 1.82) is 0 Å². The Hall–Kier alpha value is -1.63. The van der Waals surface area contributed by atoms with Crippen LogP contribution in [-0.4, -0.2) is 28.1 Å². The lowest BCUT2D eigenvalue weighted by molar-refractivity contribution is -0.384. The van der Waals surface area contributed by atoms with Crippen LogP contribution in [-0.2, 0) is 4.79 Å². The van der Waals surface area contributed by atoms with E-state index in [0.717, 1.165) is 12.8 Å². The van der Waals surface area contributed by atoms with Crippen molar-refractivity contribution in [3.8, 4) is 0 Å². The summed E-state index contributed by atoms with van der Waals surface area (Å²) in [5.41, 5.74) is -0.219. The van der Waals surface area contributed by atoms with Crippen LogP contribution in [0, 0.1) is 10.1 Å². The van der Waals surface area contributed by atoms with Crippen molar-refractivity contribution in [3.05, 3.63) is 32.8 Å². The predicted molar refractivity (Wildman–Crippen MR) is 82.7 cm³/mol. The quantitative estimate of drug-likeness (QED) is 0.643. The number of aliphatic carboxylic acids is 1. The normalized spacial score (nSPS) is 21.5. The molecule has 1 N–H and O–H groups in total. The number of anilines is 1. The van der Waals surface area contributed by atoms with Gasteiger partial charge in [-0.25, -0.2) is 4.79 Å². The second-order valence-corrected chi connectivity index (χ2v) is 6.09. The Balaban J connectivity index is 2.44. The van der Waals surface area contributed by atoms with Gasteiger partial charge in [-0.2, -0.15) is 0 Å². The van der Waals surface area contributed by atoms with E-state index in [1.807, 2.05) is 11.8 Å². The zero-order valence-electron chi connectivity index (χ0n) is 11.7. The summed E-state index contributed by atoms with van der Waals surface area (Å²) in [5.74, 6) is -0.827. The smallest absolute Gasteiger partial charge is 0.329 e. The van der Waals surface area contributed by atoms with Crippen LogP contribution < -0.4 is 4.90 Å². The van der Waals surface area contributed by atoms with Crippen molar-refractivity contribution in [2.75, 3.05) is 11.4 Å². The summed E-state index contributed by atoms with van der Waals surface area (Å²) in [6, 6.07) is 4.46. The number of nitro benzene ring substituents is 1. The van der Waals surface area contributed by atoms with Gasteiger partial charge in [-0.05, 0) is 41.3 Å². The molecule has 0 spiro atoms. The Labute approximate surface area is 131 Å². The monoisotopic (exact) mass is 356 g/mol. The van der Waals surface area contributed by atoms with Gasteiger partial charge in [-0.15, -0.1) is 0 Å². The lowest BCUT2D eigenvalue weighted by atomic mass is 9.90. The summed E-state index contributed by atoms with van der Waals surface area (Å²) in [4.78, 5) is 24.0. The molecule has 2 rings (SSSR count). The summed E-state index contributed by atoms with van der Waals surface area (Å²) in [6.45, 7) is 2.61. The van der Waals surface area contributed by atoms with Crippen LogP contribution in [0.2, 0.25) is 0 Å². The van der Waals surface area contributed by atoms with E-state index >= 15 is 0 Å². The largest absolute Gasteiger partial charge is 0.479 e. The molecule has 0 bridgehead atoms. The van der Waals surface area contributed by atoms with Crippen molar-refractivity contribution in [2.24, 2.45) is 0 Å². The number of nitrogens with zero attached hydrogens (tertiary/aromatic N) is 2. The van der Waals surface area contributed by atoms with Crippen molar-refractivity contribution in [1.82, 2.24) is 0 Å². The molecule has 21 heavy (non-hydrogen) atoms. The predicted octanol–water partition coefficient (Wildman–Crippen LogP) is 3.58. The third kappa shape index (κ3) is 2.74. The molecule has 1 atom stereocenters. The zero-order valence-corrected chi connectivity index (χ0v) is 13.3. The molecule has 1 aliphatic heterocycles. The summed E-state index contributed by atoms with van der Waals surface area (Å²) >= 11 is 3.34. The summed E-state index contributed by atoms with van der Waals surface area (Å²) < 4.78 is 0.556. The van der Waals surface area contributed by atoms with E-state index in [1.54, 1.807) is 6.07 Å². The van der Waals surface area contributed by atoms with Crippen LogP contribution in [0.5, 0.6) is 0 Å². The molecule has 0 aliphatic carbocycles. The Morgan fingerprint density at radius 1 is 1.57 bits per heavy atom. The number of halogens is 1. The third-order valence-corrected chi connectivity index (χ3v) is 4.62. The van der Waals surface area contributed by atoms with Crippen LogP contribution >= 0.6 is 15.9 Å². The van der Waals surface area contributed by atoms with Gasteiger partial charge >= 0.3 is 5.97 Å². The minimum Gasteiger partial charge on any atom is -0.479 e. The second kappa shape index (κ2) is 6.01. The molecule has 6 nitrogen and oxygen atoms in total. The fourth-order valence-electron chi connectivity index (χ4n) is 3.06. The van der Waals surface area contributed by atoms with E-state index in [9.17, 15) is 20.0 Å². The average Bonchev–Trinajstić information content (AvgIpc) is 2.84. The van der Waals surface area contributed by atoms with E-state index in [2.05, 4.69) is 15.9 Å². The van der Waals surface area contributed by atoms with Crippen molar-refractivity contribution in [3.63, 3.8) is 0 Å². The maximum atomic E-state index is 11.8. The number of nitro groups is 1. The minimum absolute atomic E-state index is 0.0127. The van der Waals surface area contributed by atoms with Crippen molar-refractivity contribution < 1.29 is 14.8 Å². The van der Waals surface area contributed by atoms with E-state index in [4.69, 9.17) is 0 Å². The molecule has 0 saturated carbocycles. The number of carboxylic acids is 1. The Morgan fingerprint density at radius 2 is 2.29 bits per heavy atom. The maximum absolute atomic E-state index is 11.8. The van der Waals surface area contributed by atoms with E-state index in [-0.39, 0.29) is 5.69 Å². The lowest BCUT2D eigenvalue weighted by Gasteiger charge is -2.37. The molecular formula is C14H17BrN2O4. The first-order valence-electron chi connectivity index (χ1n) is 6.87. The highest BCUT2D eigenvalue weighted by Crippen LogP contribution is 2.41. The van der Waals surface area contributed by atoms with Gasteiger partial charge in [-0.3, -0.25) is 10.1 Å². The number of non-ortho nitro benzene ring substituents is 1. The molecule has 1 unspecified atom stereocenters. The van der Waals surface area contributed by atoms with E-state index in [1.165, 1.54) is 12.1 Å². The summed E-state index contributed by atoms with van der Waals surface area (Å²) in [5, 5.41) is 20.5. The molecule has 1 saturated heterocycles. The molecule has 114 valence electrons. The molecule has 1 heterocycles. The van der Waals surface area contributed by atoms with Gasteiger partial charge in [0.2, 0.25) is 0 Å². The van der Waals surface area contributed by atoms with Gasteiger partial charge in [0.1, 0.15) is 5.54 Å². The standard InChI is InChI=1S/C14H17BrN2O4/c1-2-6-14(13(18)19)7-3-8-16(14)12-5-4-10(17(20)21)9-11(12)15/h4-5,9H,2-3,6-8H2,1H3,(H,18,19). The van der Waals surface area contributed by atoms with Gasteiger partial charge in [0.05, 0.1) is 10.6 Å². The fourth-order valence-corrected chi connectivity index (χ4v) is 3.64. The summed E-state index contributed by atoms with van der Waals surface area (Å²) in [6.07, 6.45) is 2.73. The first-order chi connectivity index (χ1) is 9.92. The number of hydrogen-bond acceptors (Lipinski definition) is 4. The first kappa shape index (κ1) is 15.8. The number of benzene rings is 1. The SMILES string of the molecule is CCCC1(C(=O)O)CCCN1c1ccc([N+](=O)[O-])cc1Br. The molecule has 0 amide bonds. The zero-order chi connectivity index (χ0) is 15.6. The molecule has 1 aliphatic rings. The Bertz CT molecular complexity index is 578. The molecule has 0 radical (unpaired) electrons. The van der Waals surface area contributed by atoms with Gasteiger partial charge in [-0.1, -0.05) is 13.3 Å². The number of carbonyl (C=O) groups is 1. The van der Waals surface area contributed by atoms with E-state index in [0.29, 0.717) is 29.5 Å².